The van der Waals surface area contributed by atoms with Crippen LogP contribution in [-0.2, 0) is 9.47 Å². The number of nitrogens with zero attached hydrogens (tertiary/aromatic N) is 4. The zero-order chi connectivity index (χ0) is 26.1. The van der Waals surface area contributed by atoms with Crippen LogP contribution in [0.15, 0.2) is 65.3 Å². The number of ether oxygens (including phenoxy) is 2. The molecular weight excluding hydrogens is 532 g/mol. The molecule has 0 radical (unpaired) electrons. The van der Waals surface area contributed by atoms with E-state index in [-0.39, 0.29) is 17.9 Å². The zero-order valence-electron chi connectivity index (χ0n) is 20.7. The van der Waals surface area contributed by atoms with Crippen LogP contribution in [0.3, 0.4) is 0 Å². The number of pyridine rings is 2. The smallest absolute Gasteiger partial charge is 0.357 e. The molecule has 0 unspecified atom stereocenters. The number of halogens is 1. The normalized spacial score (nSPS) is 17.4. The summed E-state index contributed by atoms with van der Waals surface area (Å²) < 4.78 is 11.8. The Hall–Kier alpha value is -3.80. The highest BCUT2D eigenvalue weighted by atomic mass is 79.9. The number of hydrogen-bond acceptors (Lipinski definition) is 7. The molecule has 2 aromatic carbocycles. The maximum Gasteiger partial charge on any atom is 0.357 e. The highest BCUT2D eigenvalue weighted by Gasteiger charge is 2.26. The summed E-state index contributed by atoms with van der Waals surface area (Å²) >= 11 is 3.77. The van der Waals surface area contributed by atoms with Crippen LogP contribution in [0.1, 0.15) is 29.9 Å². The molecule has 0 aliphatic carbocycles. The van der Waals surface area contributed by atoms with Gasteiger partial charge in [-0.15, -0.1) is 0 Å². The highest BCUT2D eigenvalue weighted by molar-refractivity contribution is 9.10. The molecule has 186 valence electrons. The first-order valence-electron chi connectivity index (χ1n) is 12.0. The van der Waals surface area contributed by atoms with Crippen LogP contribution in [0.5, 0.6) is 0 Å². The lowest BCUT2D eigenvalue weighted by Crippen LogP contribution is -2.46. The number of morpholine rings is 1. The van der Waals surface area contributed by atoms with Crippen LogP contribution >= 0.6 is 15.9 Å². The molecule has 1 saturated heterocycles. The fraction of sp³-hybridized carbons (Fsp3) is 0.241. The third kappa shape index (κ3) is 4.80. The molecule has 5 rings (SSSR count). The van der Waals surface area contributed by atoms with E-state index in [0.717, 1.165) is 32.1 Å². The third-order valence-electron chi connectivity index (χ3n) is 6.45. The number of benzene rings is 2. The maximum absolute atomic E-state index is 12.9. The fourth-order valence-electron chi connectivity index (χ4n) is 4.80. The molecule has 0 bridgehead atoms. The number of aromatic nitrogens is 2. The van der Waals surface area contributed by atoms with Gasteiger partial charge in [0.15, 0.2) is 5.69 Å². The van der Waals surface area contributed by atoms with E-state index >= 15 is 0 Å². The van der Waals surface area contributed by atoms with Crippen molar-refractivity contribution in [2.24, 2.45) is 0 Å². The third-order valence-corrected chi connectivity index (χ3v) is 7.30. The van der Waals surface area contributed by atoms with Gasteiger partial charge in [-0.2, -0.15) is 5.26 Å². The van der Waals surface area contributed by atoms with E-state index in [9.17, 15) is 4.79 Å². The van der Waals surface area contributed by atoms with E-state index in [1.165, 1.54) is 7.11 Å². The van der Waals surface area contributed by atoms with E-state index in [2.05, 4.69) is 26.9 Å². The second-order valence-electron chi connectivity index (χ2n) is 9.10. The van der Waals surface area contributed by atoms with Gasteiger partial charge in [0, 0.05) is 45.8 Å². The van der Waals surface area contributed by atoms with Gasteiger partial charge in [0.05, 0.1) is 36.5 Å². The predicted molar refractivity (Wildman–Crippen MR) is 146 cm³/mol. The molecular formula is C29H25BrN4O3. The minimum absolute atomic E-state index is 0.0657. The number of carbonyl (C=O) groups excluding carboxylic acids is 1. The van der Waals surface area contributed by atoms with Gasteiger partial charge in [-0.05, 0) is 59.6 Å². The molecule has 7 nitrogen and oxygen atoms in total. The lowest BCUT2D eigenvalue weighted by Gasteiger charge is -2.36. The van der Waals surface area contributed by atoms with Gasteiger partial charge in [0.1, 0.15) is 5.82 Å². The Morgan fingerprint density at radius 1 is 1.05 bits per heavy atom. The summed E-state index contributed by atoms with van der Waals surface area (Å²) in [7, 11) is 1.36. The Kier molecular flexibility index (Phi) is 6.92. The highest BCUT2D eigenvalue weighted by Crippen LogP contribution is 2.38. The standard InChI is InChI=1S/C29H25BrN4O3/c1-17-15-34(16-18(2)37-17)25-12-11-22(28(33-25)29(35)36-3)24-14-32-27-21(5-4-6-23(27)26(24)30)20-9-7-19(13-31)8-10-20/h4-12,14,17-18H,15-16H2,1-3H3/t17-,18+. The van der Waals surface area contributed by atoms with Crippen molar-refractivity contribution in [1.82, 2.24) is 9.97 Å². The summed E-state index contributed by atoms with van der Waals surface area (Å²) in [5, 5.41) is 10.0. The number of methoxy groups -OCH3 is 1. The van der Waals surface area contributed by atoms with Crippen molar-refractivity contribution in [1.29, 1.82) is 5.26 Å². The van der Waals surface area contributed by atoms with Crippen molar-refractivity contribution in [3.05, 3.63) is 76.5 Å². The Balaban J connectivity index is 1.60. The average molecular weight is 557 g/mol. The number of fused-ring (bicyclic) bond motifs is 1. The van der Waals surface area contributed by atoms with Crippen molar-refractivity contribution in [2.75, 3.05) is 25.1 Å². The molecule has 0 spiro atoms. The van der Waals surface area contributed by atoms with Crippen LogP contribution in [0, 0.1) is 11.3 Å². The Labute approximate surface area is 223 Å². The SMILES string of the molecule is COC(=O)c1nc(N2C[C@@H](C)O[C@@H](C)C2)ccc1-c1cnc2c(-c3ccc(C#N)cc3)cccc2c1Br. The first kappa shape index (κ1) is 24.9. The topological polar surface area (TPSA) is 88.3 Å². The molecule has 1 aliphatic heterocycles. The van der Waals surface area contributed by atoms with Gasteiger partial charge in [-0.3, -0.25) is 4.98 Å². The molecule has 1 fully saturated rings. The van der Waals surface area contributed by atoms with Crippen LogP contribution in [0.2, 0.25) is 0 Å². The van der Waals surface area contributed by atoms with Crippen molar-refractivity contribution in [2.45, 2.75) is 26.1 Å². The lowest BCUT2D eigenvalue weighted by molar-refractivity contribution is -0.00546. The van der Waals surface area contributed by atoms with Crippen LogP contribution in [0.4, 0.5) is 5.82 Å². The summed E-state index contributed by atoms with van der Waals surface area (Å²) in [4.78, 5) is 24.5. The van der Waals surface area contributed by atoms with Gasteiger partial charge in [-0.25, -0.2) is 9.78 Å². The largest absolute Gasteiger partial charge is 0.464 e. The van der Waals surface area contributed by atoms with E-state index < -0.39 is 5.97 Å². The van der Waals surface area contributed by atoms with E-state index in [1.54, 1.807) is 18.3 Å². The molecule has 37 heavy (non-hydrogen) atoms. The van der Waals surface area contributed by atoms with Crippen molar-refractivity contribution < 1.29 is 14.3 Å². The molecule has 8 heteroatoms. The molecule has 1 aliphatic rings. The van der Waals surface area contributed by atoms with Crippen LogP contribution in [-0.4, -0.2) is 48.3 Å². The number of hydrogen-bond donors (Lipinski definition) is 0. The summed E-state index contributed by atoms with van der Waals surface area (Å²) in [5.41, 5.74) is 4.94. The van der Waals surface area contributed by atoms with Gasteiger partial charge >= 0.3 is 5.97 Å². The second-order valence-corrected chi connectivity index (χ2v) is 9.89. The summed E-state index contributed by atoms with van der Waals surface area (Å²) in [6.45, 7) is 5.44. The molecule has 2 atom stereocenters. The van der Waals surface area contributed by atoms with Gasteiger partial charge in [0.2, 0.25) is 0 Å². The van der Waals surface area contributed by atoms with Gasteiger partial charge < -0.3 is 14.4 Å². The first-order chi connectivity index (χ1) is 17.9. The molecule has 0 saturated carbocycles. The number of nitriles is 1. The monoisotopic (exact) mass is 556 g/mol. The predicted octanol–water partition coefficient (Wildman–Crippen LogP) is 6.00. The van der Waals surface area contributed by atoms with Gasteiger partial charge in [-0.1, -0.05) is 30.3 Å². The van der Waals surface area contributed by atoms with E-state index in [4.69, 9.17) is 24.7 Å². The zero-order valence-corrected chi connectivity index (χ0v) is 22.3. The van der Waals surface area contributed by atoms with Crippen LogP contribution < -0.4 is 4.90 Å². The molecule has 0 amide bonds. The minimum Gasteiger partial charge on any atom is -0.464 e. The van der Waals surface area contributed by atoms with Crippen molar-refractivity contribution in [3.63, 3.8) is 0 Å². The minimum atomic E-state index is -0.510. The van der Waals surface area contributed by atoms with E-state index in [0.29, 0.717) is 30.0 Å². The number of rotatable bonds is 4. The number of carbonyl (C=O) groups is 1. The number of esters is 1. The molecule has 4 aromatic rings. The Morgan fingerprint density at radius 2 is 1.78 bits per heavy atom. The Morgan fingerprint density at radius 3 is 2.46 bits per heavy atom. The first-order valence-corrected chi connectivity index (χ1v) is 12.8. The average Bonchev–Trinajstić information content (AvgIpc) is 2.92. The second kappa shape index (κ2) is 10.3. The van der Waals surface area contributed by atoms with E-state index in [1.807, 2.05) is 56.3 Å². The fourth-order valence-corrected chi connectivity index (χ4v) is 5.43. The van der Waals surface area contributed by atoms with Gasteiger partial charge in [0.25, 0.3) is 0 Å². The maximum atomic E-state index is 12.9. The molecule has 2 aromatic heterocycles. The molecule has 3 heterocycles. The summed E-state index contributed by atoms with van der Waals surface area (Å²) in [5.74, 6) is 0.198. The summed E-state index contributed by atoms with van der Waals surface area (Å²) in [6.07, 6.45) is 1.88. The number of para-hydroxylation sites is 1. The lowest BCUT2D eigenvalue weighted by atomic mass is 9.98. The number of anilines is 1. The van der Waals surface area contributed by atoms with Crippen LogP contribution in [0.25, 0.3) is 33.2 Å². The Bertz CT molecular complexity index is 1520. The summed E-state index contributed by atoms with van der Waals surface area (Å²) in [6, 6.07) is 19.4. The van der Waals surface area contributed by atoms with Crippen molar-refractivity contribution in [3.8, 4) is 28.3 Å². The quantitative estimate of drug-likeness (QED) is 0.285. The molecule has 0 N–H and O–H groups in total. The van der Waals surface area contributed by atoms with Crippen molar-refractivity contribution >= 4 is 38.6 Å².